The molecule has 21 heavy (non-hydrogen) atoms. The Morgan fingerprint density at radius 2 is 1.86 bits per heavy atom. The number of carbonyl (C=O) groups is 2. The van der Waals surface area contributed by atoms with Crippen molar-refractivity contribution >= 4 is 34.5 Å². The number of thioether (sulfide) groups is 1. The molecule has 0 aromatic heterocycles. The van der Waals surface area contributed by atoms with Gasteiger partial charge >= 0.3 is 11.9 Å². The summed E-state index contributed by atoms with van der Waals surface area (Å²) in [7, 11) is 0. The summed E-state index contributed by atoms with van der Waals surface area (Å²) in [4.78, 5) is 23.5. The molecule has 0 N–H and O–H groups in total. The molecule has 0 radical (unpaired) electrons. The molecule has 0 spiro atoms. The first-order valence-corrected chi connectivity index (χ1v) is 7.41. The topological polar surface area (TPSA) is 52.6 Å². The molecule has 4 nitrogen and oxygen atoms in total. The van der Waals surface area contributed by atoms with Gasteiger partial charge in [-0.3, -0.25) is 4.79 Å². The Kier molecular flexibility index (Phi) is 4.65. The van der Waals surface area contributed by atoms with Gasteiger partial charge in [0.1, 0.15) is 5.75 Å². The summed E-state index contributed by atoms with van der Waals surface area (Å²) in [5.74, 6) is -0.0431. The lowest BCUT2D eigenvalue weighted by atomic mass is 10.1. The number of rotatable bonds is 4. The van der Waals surface area contributed by atoms with Gasteiger partial charge in [0.05, 0.1) is 4.90 Å². The average Bonchev–Trinajstić information content (AvgIpc) is 2.48. The third kappa shape index (κ3) is 3.25. The molecule has 0 fully saturated rings. The highest BCUT2D eigenvalue weighted by Crippen LogP contribution is 2.41. The third-order valence-electron chi connectivity index (χ3n) is 2.77. The Morgan fingerprint density at radius 1 is 1.19 bits per heavy atom. The highest BCUT2D eigenvalue weighted by molar-refractivity contribution is 7.98. The minimum atomic E-state index is -0.532. The van der Waals surface area contributed by atoms with Crippen molar-refractivity contribution in [3.8, 4) is 11.5 Å². The van der Waals surface area contributed by atoms with E-state index in [0.717, 1.165) is 6.08 Å². The molecule has 5 heteroatoms. The molecule has 2 aromatic rings. The van der Waals surface area contributed by atoms with E-state index in [-0.39, 0.29) is 0 Å². The molecule has 0 unspecified atom stereocenters. The highest BCUT2D eigenvalue weighted by atomic mass is 32.2. The second-order valence-corrected chi connectivity index (χ2v) is 5.02. The van der Waals surface area contributed by atoms with Crippen LogP contribution in [0.2, 0.25) is 0 Å². The first-order valence-electron chi connectivity index (χ1n) is 6.19. The zero-order chi connectivity index (χ0) is 15.4. The second kappa shape index (κ2) is 6.45. The van der Waals surface area contributed by atoms with Crippen molar-refractivity contribution < 1.29 is 19.1 Å². The van der Waals surface area contributed by atoms with Crippen LogP contribution in [0.25, 0.3) is 10.8 Å². The summed E-state index contributed by atoms with van der Waals surface area (Å²) in [5.41, 5.74) is 0. The van der Waals surface area contributed by atoms with E-state index >= 15 is 0 Å². The van der Waals surface area contributed by atoms with E-state index in [1.54, 1.807) is 6.07 Å². The van der Waals surface area contributed by atoms with Gasteiger partial charge in [-0.1, -0.05) is 30.8 Å². The van der Waals surface area contributed by atoms with Gasteiger partial charge in [0, 0.05) is 23.8 Å². The molecule has 0 aliphatic carbocycles. The van der Waals surface area contributed by atoms with Gasteiger partial charge in [0.2, 0.25) is 0 Å². The molecule has 0 aliphatic heterocycles. The summed E-state index contributed by atoms with van der Waals surface area (Å²) in [6.07, 6.45) is 2.96. The molecule has 0 saturated carbocycles. The number of esters is 2. The predicted octanol–water partition coefficient (Wildman–Crippen LogP) is 3.58. The van der Waals surface area contributed by atoms with E-state index in [1.807, 2.05) is 30.5 Å². The molecule has 2 rings (SSSR count). The Bertz CT molecular complexity index is 722. The van der Waals surface area contributed by atoms with Crippen LogP contribution in [-0.2, 0) is 9.59 Å². The number of ether oxygens (including phenoxy) is 2. The summed E-state index contributed by atoms with van der Waals surface area (Å²) in [6.45, 7) is 4.74. The lowest BCUT2D eigenvalue weighted by Gasteiger charge is -2.14. The minimum Gasteiger partial charge on any atom is -0.426 e. The standard InChI is InChI=1S/C16H14O4S/c1-4-15(18)20-16-12-8-6-5-7-11(12)13(19-10(2)17)9-14(16)21-3/h4-9H,1H2,2-3H3. The largest absolute Gasteiger partial charge is 0.426 e. The van der Waals surface area contributed by atoms with Crippen LogP contribution in [0.1, 0.15) is 6.92 Å². The van der Waals surface area contributed by atoms with Gasteiger partial charge < -0.3 is 9.47 Å². The number of benzene rings is 2. The van der Waals surface area contributed by atoms with E-state index in [9.17, 15) is 9.59 Å². The van der Waals surface area contributed by atoms with Gasteiger partial charge in [-0.15, -0.1) is 11.8 Å². The molecule has 0 saturated heterocycles. The van der Waals surface area contributed by atoms with Gasteiger partial charge in [-0.2, -0.15) is 0 Å². The van der Waals surface area contributed by atoms with Crippen LogP contribution in [0.5, 0.6) is 11.5 Å². The number of carbonyl (C=O) groups excluding carboxylic acids is 2. The quantitative estimate of drug-likeness (QED) is 0.374. The molecule has 2 aromatic carbocycles. The van der Waals surface area contributed by atoms with E-state index in [1.165, 1.54) is 18.7 Å². The zero-order valence-electron chi connectivity index (χ0n) is 11.7. The summed E-state index contributed by atoms with van der Waals surface area (Å²) < 4.78 is 10.6. The van der Waals surface area contributed by atoms with Gasteiger partial charge in [0.25, 0.3) is 0 Å². The van der Waals surface area contributed by atoms with E-state index in [2.05, 4.69) is 6.58 Å². The fourth-order valence-corrected chi connectivity index (χ4v) is 2.49. The van der Waals surface area contributed by atoms with Crippen molar-refractivity contribution in [2.45, 2.75) is 11.8 Å². The van der Waals surface area contributed by atoms with Gasteiger partial charge in [0.15, 0.2) is 5.75 Å². The Hall–Kier alpha value is -2.27. The Labute approximate surface area is 126 Å². The molecule has 0 atom stereocenters. The predicted molar refractivity (Wildman–Crippen MR) is 82.9 cm³/mol. The summed E-state index contributed by atoms with van der Waals surface area (Å²) in [6, 6.07) is 8.97. The minimum absolute atomic E-state index is 0.400. The van der Waals surface area contributed by atoms with Gasteiger partial charge in [-0.05, 0) is 12.3 Å². The Morgan fingerprint density at radius 3 is 2.43 bits per heavy atom. The molecule has 0 bridgehead atoms. The maximum Gasteiger partial charge on any atom is 0.335 e. The molecule has 0 heterocycles. The monoisotopic (exact) mass is 302 g/mol. The van der Waals surface area contributed by atoms with Crippen molar-refractivity contribution in [3.63, 3.8) is 0 Å². The van der Waals surface area contributed by atoms with E-state index < -0.39 is 11.9 Å². The smallest absolute Gasteiger partial charge is 0.335 e. The van der Waals surface area contributed by atoms with Crippen LogP contribution >= 0.6 is 11.8 Å². The molecular weight excluding hydrogens is 288 g/mol. The number of hydrogen-bond acceptors (Lipinski definition) is 5. The van der Waals surface area contributed by atoms with Crippen molar-refractivity contribution in [1.82, 2.24) is 0 Å². The summed E-state index contributed by atoms with van der Waals surface area (Å²) >= 11 is 1.40. The second-order valence-electron chi connectivity index (χ2n) is 4.17. The number of fused-ring (bicyclic) bond motifs is 1. The first-order chi connectivity index (χ1) is 10.1. The molecule has 0 aliphatic rings. The van der Waals surface area contributed by atoms with Crippen molar-refractivity contribution in [2.75, 3.05) is 6.26 Å². The van der Waals surface area contributed by atoms with Crippen molar-refractivity contribution in [1.29, 1.82) is 0 Å². The normalized spacial score (nSPS) is 10.2. The first kappa shape index (κ1) is 15.1. The van der Waals surface area contributed by atoms with E-state index in [4.69, 9.17) is 9.47 Å². The lowest BCUT2D eigenvalue weighted by molar-refractivity contribution is -0.132. The third-order valence-corrected chi connectivity index (χ3v) is 3.51. The van der Waals surface area contributed by atoms with Crippen molar-refractivity contribution in [3.05, 3.63) is 43.0 Å². The summed E-state index contributed by atoms with van der Waals surface area (Å²) in [5, 5.41) is 1.41. The van der Waals surface area contributed by atoms with Crippen LogP contribution in [0.3, 0.4) is 0 Å². The van der Waals surface area contributed by atoms with Crippen LogP contribution in [-0.4, -0.2) is 18.2 Å². The zero-order valence-corrected chi connectivity index (χ0v) is 12.5. The van der Waals surface area contributed by atoms with Crippen molar-refractivity contribution in [2.24, 2.45) is 0 Å². The fraction of sp³-hybridized carbons (Fsp3) is 0.125. The molecule has 0 amide bonds. The lowest BCUT2D eigenvalue weighted by Crippen LogP contribution is -2.06. The highest BCUT2D eigenvalue weighted by Gasteiger charge is 2.16. The van der Waals surface area contributed by atoms with Crippen LogP contribution in [0.15, 0.2) is 47.9 Å². The average molecular weight is 302 g/mol. The Balaban J connectivity index is 2.70. The maximum absolute atomic E-state index is 11.5. The van der Waals surface area contributed by atoms with E-state index in [0.29, 0.717) is 27.2 Å². The maximum atomic E-state index is 11.5. The van der Waals surface area contributed by atoms with Crippen LogP contribution in [0.4, 0.5) is 0 Å². The van der Waals surface area contributed by atoms with Gasteiger partial charge in [-0.25, -0.2) is 4.79 Å². The van der Waals surface area contributed by atoms with Crippen LogP contribution in [0, 0.1) is 0 Å². The van der Waals surface area contributed by atoms with Crippen LogP contribution < -0.4 is 9.47 Å². The SMILES string of the molecule is C=CC(=O)Oc1c(SC)cc(OC(C)=O)c2ccccc12. The number of hydrogen-bond donors (Lipinski definition) is 0. The molecule has 108 valence electrons. The fourth-order valence-electron chi connectivity index (χ4n) is 1.93. The molecular formula is C16H14O4S.